The highest BCUT2D eigenvalue weighted by Gasteiger charge is 2.51. The number of aliphatic hydroxyl groups is 1. The van der Waals surface area contributed by atoms with Gasteiger partial charge in [0.1, 0.15) is 5.82 Å². The second-order valence-electron chi connectivity index (χ2n) is 6.91. The third-order valence-electron chi connectivity index (χ3n) is 5.16. The van der Waals surface area contributed by atoms with Crippen molar-refractivity contribution in [2.24, 2.45) is 0 Å². The van der Waals surface area contributed by atoms with Crippen molar-refractivity contribution in [3.05, 3.63) is 66.1 Å². The van der Waals surface area contributed by atoms with Crippen LogP contribution in [0.1, 0.15) is 12.0 Å². The minimum Gasteiger partial charge on any atom is -0.372 e. The van der Waals surface area contributed by atoms with E-state index in [1.54, 1.807) is 30.5 Å². The van der Waals surface area contributed by atoms with Crippen LogP contribution in [0, 0.1) is 5.82 Å². The number of nitrogens with zero attached hydrogens (tertiary/aromatic N) is 1. The normalized spacial score (nSPS) is 19.4. The summed E-state index contributed by atoms with van der Waals surface area (Å²) in [6, 6.07) is 13.7. The Balaban J connectivity index is 1.43. The molecule has 2 heterocycles. The van der Waals surface area contributed by atoms with E-state index in [9.17, 15) is 19.1 Å². The highest BCUT2D eigenvalue weighted by Crippen LogP contribution is 2.30. The smallest absolute Gasteiger partial charge is 0.268 e. The van der Waals surface area contributed by atoms with Crippen LogP contribution in [-0.4, -0.2) is 40.6 Å². The van der Waals surface area contributed by atoms with Crippen molar-refractivity contribution >= 4 is 28.4 Å². The molecule has 0 bridgehead atoms. The molecule has 3 aromatic rings. The molecular formula is C21H20FN3O3. The maximum Gasteiger partial charge on any atom is 0.268 e. The minimum atomic E-state index is -2.11. The molecular weight excluding hydrogens is 361 g/mol. The number of amides is 2. The van der Waals surface area contributed by atoms with Crippen LogP contribution in [0.3, 0.4) is 0 Å². The standard InChI is InChI=1S/C21H20FN3O3/c22-17-4-2-1-3-14(17)7-11-24-19(26)21(28)9-12-25(20(21)27)16-5-6-18-15(13-16)8-10-23-18/h1-6,8,10,13,23,28H,7,9,11-12H2,(H,24,26). The number of carbonyl (C=O) groups is 2. The Labute approximate surface area is 161 Å². The zero-order valence-electron chi connectivity index (χ0n) is 15.1. The topological polar surface area (TPSA) is 85.4 Å². The third kappa shape index (κ3) is 3.14. The summed E-state index contributed by atoms with van der Waals surface area (Å²) in [6.07, 6.45) is 2.08. The first kappa shape index (κ1) is 18.2. The van der Waals surface area contributed by atoms with Crippen molar-refractivity contribution in [2.75, 3.05) is 18.0 Å². The number of fused-ring (bicyclic) bond motifs is 1. The van der Waals surface area contributed by atoms with Crippen LogP contribution in [0.25, 0.3) is 10.9 Å². The highest BCUT2D eigenvalue weighted by molar-refractivity contribution is 6.16. The van der Waals surface area contributed by atoms with E-state index in [-0.39, 0.29) is 31.7 Å². The fourth-order valence-electron chi connectivity index (χ4n) is 3.53. The highest BCUT2D eigenvalue weighted by atomic mass is 19.1. The Hall–Kier alpha value is -3.19. The van der Waals surface area contributed by atoms with Crippen LogP contribution >= 0.6 is 0 Å². The first-order chi connectivity index (χ1) is 13.5. The van der Waals surface area contributed by atoms with E-state index < -0.39 is 17.4 Å². The number of benzene rings is 2. The number of halogens is 1. The number of carbonyl (C=O) groups excluding carboxylic acids is 2. The van der Waals surface area contributed by atoms with Gasteiger partial charge in [-0.1, -0.05) is 18.2 Å². The van der Waals surface area contributed by atoms with Crippen molar-refractivity contribution in [1.29, 1.82) is 0 Å². The average Bonchev–Trinajstić information content (AvgIpc) is 3.28. The monoisotopic (exact) mass is 381 g/mol. The maximum absolute atomic E-state index is 13.7. The lowest BCUT2D eigenvalue weighted by atomic mass is 10.0. The molecule has 1 fully saturated rings. The molecule has 1 aliphatic heterocycles. The molecule has 28 heavy (non-hydrogen) atoms. The first-order valence-corrected chi connectivity index (χ1v) is 9.12. The lowest BCUT2D eigenvalue weighted by molar-refractivity contribution is -0.149. The Bertz CT molecular complexity index is 1050. The number of H-pyrrole nitrogens is 1. The lowest BCUT2D eigenvalue weighted by Gasteiger charge is -2.22. The molecule has 7 heteroatoms. The fraction of sp³-hybridized carbons (Fsp3) is 0.238. The molecule has 1 aliphatic rings. The van der Waals surface area contributed by atoms with E-state index in [0.29, 0.717) is 11.3 Å². The number of rotatable bonds is 5. The molecule has 0 aliphatic carbocycles. The Morgan fingerprint density at radius 3 is 2.89 bits per heavy atom. The number of anilines is 1. The van der Waals surface area contributed by atoms with Gasteiger partial charge in [-0.25, -0.2) is 4.39 Å². The largest absolute Gasteiger partial charge is 0.372 e. The van der Waals surface area contributed by atoms with E-state index in [4.69, 9.17) is 0 Å². The average molecular weight is 381 g/mol. The van der Waals surface area contributed by atoms with E-state index in [1.165, 1.54) is 11.0 Å². The molecule has 6 nitrogen and oxygen atoms in total. The molecule has 0 saturated carbocycles. The van der Waals surface area contributed by atoms with Gasteiger partial charge in [0, 0.05) is 42.3 Å². The molecule has 1 unspecified atom stereocenters. The Kier molecular flexibility index (Phi) is 4.60. The van der Waals surface area contributed by atoms with Crippen LogP contribution in [0.4, 0.5) is 10.1 Å². The Morgan fingerprint density at radius 1 is 1.25 bits per heavy atom. The van der Waals surface area contributed by atoms with Gasteiger partial charge >= 0.3 is 0 Å². The number of aromatic amines is 1. The Morgan fingerprint density at radius 2 is 2.07 bits per heavy atom. The summed E-state index contributed by atoms with van der Waals surface area (Å²) in [5, 5.41) is 14.2. The second kappa shape index (κ2) is 7.09. The summed E-state index contributed by atoms with van der Waals surface area (Å²) in [6.45, 7) is 0.372. The number of hydrogen-bond donors (Lipinski definition) is 3. The fourth-order valence-corrected chi connectivity index (χ4v) is 3.53. The molecule has 1 saturated heterocycles. The van der Waals surface area contributed by atoms with Crippen LogP contribution in [0.5, 0.6) is 0 Å². The van der Waals surface area contributed by atoms with E-state index >= 15 is 0 Å². The van der Waals surface area contributed by atoms with E-state index in [2.05, 4.69) is 10.3 Å². The quantitative estimate of drug-likeness (QED) is 0.592. The van der Waals surface area contributed by atoms with Crippen molar-refractivity contribution in [3.8, 4) is 0 Å². The number of nitrogens with one attached hydrogen (secondary N) is 2. The summed E-state index contributed by atoms with van der Waals surface area (Å²) >= 11 is 0. The minimum absolute atomic E-state index is 0.00252. The summed E-state index contributed by atoms with van der Waals surface area (Å²) in [5.41, 5.74) is -0.0693. The van der Waals surface area contributed by atoms with Crippen LogP contribution < -0.4 is 10.2 Å². The predicted molar refractivity (Wildman–Crippen MR) is 103 cm³/mol. The van der Waals surface area contributed by atoms with E-state index in [0.717, 1.165) is 10.9 Å². The van der Waals surface area contributed by atoms with Gasteiger partial charge in [-0.3, -0.25) is 9.59 Å². The molecule has 0 spiro atoms. The van der Waals surface area contributed by atoms with Gasteiger partial charge in [0.25, 0.3) is 11.8 Å². The van der Waals surface area contributed by atoms with Crippen LogP contribution in [0.2, 0.25) is 0 Å². The SMILES string of the molecule is O=C(NCCc1ccccc1F)C1(O)CCN(c2ccc3[nH]ccc3c2)C1=O. The van der Waals surface area contributed by atoms with Crippen LogP contribution in [0.15, 0.2) is 54.7 Å². The summed E-state index contributed by atoms with van der Waals surface area (Å²) in [5.74, 6) is -1.75. The van der Waals surface area contributed by atoms with Gasteiger partial charge in [0.2, 0.25) is 5.60 Å². The maximum atomic E-state index is 13.7. The van der Waals surface area contributed by atoms with Crippen molar-refractivity contribution in [3.63, 3.8) is 0 Å². The second-order valence-corrected chi connectivity index (χ2v) is 6.91. The van der Waals surface area contributed by atoms with Gasteiger partial charge in [-0.15, -0.1) is 0 Å². The van der Waals surface area contributed by atoms with E-state index in [1.807, 2.05) is 18.2 Å². The zero-order chi connectivity index (χ0) is 19.7. The molecule has 2 amide bonds. The molecule has 4 rings (SSSR count). The van der Waals surface area contributed by atoms with Gasteiger partial charge in [0.15, 0.2) is 0 Å². The molecule has 2 aromatic carbocycles. The van der Waals surface area contributed by atoms with Crippen molar-refractivity contribution < 1.29 is 19.1 Å². The molecule has 3 N–H and O–H groups in total. The van der Waals surface area contributed by atoms with Gasteiger partial charge < -0.3 is 20.3 Å². The molecule has 144 valence electrons. The van der Waals surface area contributed by atoms with Crippen molar-refractivity contribution in [1.82, 2.24) is 10.3 Å². The van der Waals surface area contributed by atoms with Gasteiger partial charge in [-0.2, -0.15) is 0 Å². The third-order valence-corrected chi connectivity index (χ3v) is 5.16. The van der Waals surface area contributed by atoms with Crippen LogP contribution in [-0.2, 0) is 16.0 Å². The molecule has 1 aromatic heterocycles. The lowest BCUT2D eigenvalue weighted by Crippen LogP contribution is -2.52. The molecule has 0 radical (unpaired) electrons. The van der Waals surface area contributed by atoms with Crippen molar-refractivity contribution in [2.45, 2.75) is 18.4 Å². The van der Waals surface area contributed by atoms with Gasteiger partial charge in [0.05, 0.1) is 0 Å². The molecule has 1 atom stereocenters. The number of hydrogen-bond acceptors (Lipinski definition) is 3. The number of aromatic nitrogens is 1. The summed E-state index contributed by atoms with van der Waals surface area (Å²) < 4.78 is 13.7. The zero-order valence-corrected chi connectivity index (χ0v) is 15.1. The van der Waals surface area contributed by atoms with Gasteiger partial charge in [-0.05, 0) is 42.3 Å². The summed E-state index contributed by atoms with van der Waals surface area (Å²) in [4.78, 5) is 29.8. The predicted octanol–water partition coefficient (Wildman–Crippen LogP) is 2.13. The summed E-state index contributed by atoms with van der Waals surface area (Å²) in [7, 11) is 0. The first-order valence-electron chi connectivity index (χ1n) is 9.12.